The predicted octanol–water partition coefficient (Wildman–Crippen LogP) is 2.60. The molecule has 0 saturated heterocycles. The molecule has 0 saturated carbocycles. The molecule has 0 aliphatic rings. The Kier molecular flexibility index (Phi) is 4.93. The van der Waals surface area contributed by atoms with Gasteiger partial charge < -0.3 is 5.73 Å². The van der Waals surface area contributed by atoms with Gasteiger partial charge in [-0.1, -0.05) is 35.9 Å². The molecule has 2 aromatic rings. The van der Waals surface area contributed by atoms with E-state index in [2.05, 4.69) is 9.97 Å². The molecule has 20 heavy (non-hydrogen) atoms. The maximum absolute atomic E-state index is 11.1. The lowest BCUT2D eigenvalue weighted by Crippen LogP contribution is -2.15. The van der Waals surface area contributed by atoms with Crippen LogP contribution in [0.15, 0.2) is 30.5 Å². The Bertz CT molecular complexity index is 632. The van der Waals surface area contributed by atoms with Crippen molar-refractivity contribution in [1.82, 2.24) is 9.97 Å². The number of aryl methyl sites for hydroxylation is 2. The molecule has 1 aromatic heterocycles. The van der Waals surface area contributed by atoms with Gasteiger partial charge in [0.15, 0.2) is 0 Å². The topological polar surface area (TPSA) is 68.9 Å². The summed E-state index contributed by atoms with van der Waals surface area (Å²) in [5.74, 6) is -0.347. The summed E-state index contributed by atoms with van der Waals surface area (Å²) >= 11 is 11.8. The first-order valence-corrected chi connectivity index (χ1v) is 6.84. The molecule has 0 radical (unpaired) electrons. The van der Waals surface area contributed by atoms with Gasteiger partial charge in [0.25, 0.3) is 0 Å². The number of benzene rings is 1. The van der Waals surface area contributed by atoms with E-state index in [1.807, 2.05) is 24.3 Å². The number of carbonyl (C=O) groups excluding carboxylic acids is 1. The zero-order valence-electron chi connectivity index (χ0n) is 10.6. The summed E-state index contributed by atoms with van der Waals surface area (Å²) in [4.78, 5) is 19.0. The van der Waals surface area contributed by atoms with Crippen LogP contribution in [-0.2, 0) is 24.1 Å². The van der Waals surface area contributed by atoms with Gasteiger partial charge in [0, 0.05) is 0 Å². The zero-order valence-corrected chi connectivity index (χ0v) is 12.2. The fourth-order valence-corrected chi connectivity index (χ4v) is 2.30. The fourth-order valence-electron chi connectivity index (χ4n) is 1.97. The number of rotatable bonds is 5. The standard InChI is InChI=1S/C14H13Cl2N3O/c15-11-8-18-14(16)19-12(11)6-5-9-3-1-2-4-10(9)7-13(17)20/h1-4,8H,5-7H2,(H2,17,20). The highest BCUT2D eigenvalue weighted by Gasteiger charge is 2.08. The number of nitrogens with two attached hydrogens (primary N) is 1. The van der Waals surface area contributed by atoms with Crippen molar-refractivity contribution in [1.29, 1.82) is 0 Å². The molecular formula is C14H13Cl2N3O. The molecule has 0 aliphatic heterocycles. The minimum Gasteiger partial charge on any atom is -0.369 e. The normalized spacial score (nSPS) is 10.5. The monoisotopic (exact) mass is 309 g/mol. The quantitative estimate of drug-likeness (QED) is 0.863. The average Bonchev–Trinajstić information content (AvgIpc) is 2.41. The summed E-state index contributed by atoms with van der Waals surface area (Å²) in [7, 11) is 0. The second-order valence-corrected chi connectivity index (χ2v) is 5.09. The van der Waals surface area contributed by atoms with Crippen LogP contribution in [0.25, 0.3) is 0 Å². The van der Waals surface area contributed by atoms with Gasteiger partial charge in [-0.25, -0.2) is 9.97 Å². The van der Waals surface area contributed by atoms with Crippen molar-refractivity contribution in [2.45, 2.75) is 19.3 Å². The Morgan fingerprint density at radius 1 is 1.15 bits per heavy atom. The van der Waals surface area contributed by atoms with Crippen LogP contribution < -0.4 is 5.73 Å². The first-order chi connectivity index (χ1) is 9.56. The number of primary amides is 1. The van der Waals surface area contributed by atoms with Gasteiger partial charge in [0.05, 0.1) is 23.3 Å². The first-order valence-electron chi connectivity index (χ1n) is 6.08. The Balaban J connectivity index is 2.14. The lowest BCUT2D eigenvalue weighted by atomic mass is 9.99. The number of amides is 1. The van der Waals surface area contributed by atoms with E-state index in [1.54, 1.807) is 0 Å². The van der Waals surface area contributed by atoms with E-state index in [9.17, 15) is 4.79 Å². The van der Waals surface area contributed by atoms with E-state index < -0.39 is 0 Å². The van der Waals surface area contributed by atoms with E-state index >= 15 is 0 Å². The van der Waals surface area contributed by atoms with E-state index in [0.717, 1.165) is 11.1 Å². The second kappa shape index (κ2) is 6.68. The van der Waals surface area contributed by atoms with Crippen molar-refractivity contribution in [2.75, 3.05) is 0 Å². The molecule has 1 heterocycles. The second-order valence-electron chi connectivity index (χ2n) is 4.35. The van der Waals surface area contributed by atoms with Crippen molar-refractivity contribution >= 4 is 29.1 Å². The van der Waals surface area contributed by atoms with E-state index in [1.165, 1.54) is 6.20 Å². The summed E-state index contributed by atoms with van der Waals surface area (Å²) in [6.07, 6.45) is 3.04. The van der Waals surface area contributed by atoms with Gasteiger partial charge in [-0.2, -0.15) is 0 Å². The van der Waals surface area contributed by atoms with Gasteiger partial charge in [-0.15, -0.1) is 0 Å². The van der Waals surface area contributed by atoms with E-state index in [0.29, 0.717) is 23.6 Å². The number of carbonyl (C=O) groups is 1. The molecule has 1 aromatic carbocycles. The average molecular weight is 310 g/mol. The van der Waals surface area contributed by atoms with Gasteiger partial charge in [0.2, 0.25) is 11.2 Å². The molecule has 2 rings (SSSR count). The molecular weight excluding hydrogens is 297 g/mol. The van der Waals surface area contributed by atoms with Crippen LogP contribution in [0.5, 0.6) is 0 Å². The van der Waals surface area contributed by atoms with Crippen molar-refractivity contribution < 1.29 is 4.79 Å². The highest BCUT2D eigenvalue weighted by molar-refractivity contribution is 6.31. The summed E-state index contributed by atoms with van der Waals surface area (Å²) in [5.41, 5.74) is 7.92. The number of halogens is 2. The van der Waals surface area contributed by atoms with Crippen LogP contribution in [0.4, 0.5) is 0 Å². The molecule has 6 heteroatoms. The number of hydrogen-bond acceptors (Lipinski definition) is 3. The van der Waals surface area contributed by atoms with Gasteiger partial charge in [0.1, 0.15) is 0 Å². The van der Waals surface area contributed by atoms with E-state index in [-0.39, 0.29) is 17.6 Å². The first kappa shape index (κ1) is 14.8. The van der Waals surface area contributed by atoms with Crippen LogP contribution in [0.2, 0.25) is 10.3 Å². The van der Waals surface area contributed by atoms with Crippen LogP contribution in [0, 0.1) is 0 Å². The minimum absolute atomic E-state index is 0.176. The maximum atomic E-state index is 11.1. The third-order valence-electron chi connectivity index (χ3n) is 2.90. The number of hydrogen-bond donors (Lipinski definition) is 1. The predicted molar refractivity (Wildman–Crippen MR) is 78.8 cm³/mol. The Morgan fingerprint density at radius 2 is 1.85 bits per heavy atom. The molecule has 0 bridgehead atoms. The van der Waals surface area contributed by atoms with Crippen molar-refractivity contribution in [3.8, 4) is 0 Å². The van der Waals surface area contributed by atoms with Crippen molar-refractivity contribution in [3.63, 3.8) is 0 Å². The summed E-state index contributed by atoms with van der Waals surface area (Å²) in [6.45, 7) is 0. The third kappa shape index (κ3) is 3.92. The maximum Gasteiger partial charge on any atom is 0.222 e. The van der Waals surface area contributed by atoms with Crippen LogP contribution >= 0.6 is 23.2 Å². The largest absolute Gasteiger partial charge is 0.369 e. The molecule has 1 amide bonds. The summed E-state index contributed by atoms with van der Waals surface area (Å²) in [6, 6.07) is 7.67. The Morgan fingerprint density at radius 3 is 2.55 bits per heavy atom. The molecule has 0 unspecified atom stereocenters. The molecule has 0 spiro atoms. The molecule has 4 nitrogen and oxygen atoms in total. The SMILES string of the molecule is NC(=O)Cc1ccccc1CCc1nc(Cl)ncc1Cl. The molecule has 0 fully saturated rings. The number of aromatic nitrogens is 2. The van der Waals surface area contributed by atoms with Gasteiger partial charge in [-0.05, 0) is 35.6 Å². The molecule has 104 valence electrons. The molecule has 0 atom stereocenters. The summed E-state index contributed by atoms with van der Waals surface area (Å²) < 4.78 is 0. The lowest BCUT2D eigenvalue weighted by Gasteiger charge is -2.08. The van der Waals surface area contributed by atoms with Gasteiger partial charge >= 0.3 is 0 Å². The smallest absolute Gasteiger partial charge is 0.222 e. The lowest BCUT2D eigenvalue weighted by molar-refractivity contribution is -0.117. The third-order valence-corrected chi connectivity index (χ3v) is 3.40. The fraction of sp³-hybridized carbons (Fsp3) is 0.214. The highest BCUT2D eigenvalue weighted by Crippen LogP contribution is 2.18. The van der Waals surface area contributed by atoms with Crippen LogP contribution in [0.3, 0.4) is 0 Å². The minimum atomic E-state index is -0.347. The van der Waals surface area contributed by atoms with Crippen LogP contribution in [-0.4, -0.2) is 15.9 Å². The molecule has 2 N–H and O–H groups in total. The molecule has 0 aliphatic carbocycles. The number of nitrogens with zero attached hydrogens (tertiary/aromatic N) is 2. The Labute approximate surface area is 126 Å². The van der Waals surface area contributed by atoms with Crippen molar-refractivity contribution in [2.24, 2.45) is 5.73 Å². The summed E-state index contributed by atoms with van der Waals surface area (Å²) in [5, 5.41) is 0.664. The highest BCUT2D eigenvalue weighted by atomic mass is 35.5. The van der Waals surface area contributed by atoms with Gasteiger partial charge in [-0.3, -0.25) is 4.79 Å². The van der Waals surface area contributed by atoms with Crippen LogP contribution in [0.1, 0.15) is 16.8 Å². The zero-order chi connectivity index (χ0) is 14.5. The van der Waals surface area contributed by atoms with E-state index in [4.69, 9.17) is 28.9 Å². The Hall–Kier alpha value is -1.65. The van der Waals surface area contributed by atoms with Crippen molar-refractivity contribution in [3.05, 3.63) is 57.6 Å².